The number of aromatic nitrogens is 1. The number of benzene rings is 1. The number of H-pyrrole nitrogens is 1. The molecule has 2 aromatic rings. The number of pyridine rings is 1. The number of aromatic amines is 1. The van der Waals surface area contributed by atoms with E-state index in [4.69, 9.17) is 10.5 Å². The van der Waals surface area contributed by atoms with Crippen LogP contribution in [0, 0.1) is 0 Å². The Morgan fingerprint density at radius 3 is 2.75 bits per heavy atom. The van der Waals surface area contributed by atoms with Gasteiger partial charge in [0.2, 0.25) is 5.75 Å². The monoisotopic (exact) mass is 328 g/mol. The Balaban J connectivity index is 2.16. The summed E-state index contributed by atoms with van der Waals surface area (Å²) in [6.07, 6.45) is 6.09. The summed E-state index contributed by atoms with van der Waals surface area (Å²) in [7, 11) is 0. The molecule has 0 atom stereocenters. The summed E-state index contributed by atoms with van der Waals surface area (Å²) < 4.78 is 5.67. The number of fused-ring (bicyclic) bond motifs is 1. The first kappa shape index (κ1) is 17.7. The van der Waals surface area contributed by atoms with Crippen molar-refractivity contribution in [3.05, 3.63) is 51.9 Å². The third-order valence-electron chi connectivity index (χ3n) is 3.72. The molecule has 0 amide bonds. The van der Waals surface area contributed by atoms with Crippen LogP contribution < -0.4 is 16.0 Å². The quantitative estimate of drug-likeness (QED) is 0.554. The van der Waals surface area contributed by atoms with E-state index in [1.807, 2.05) is 13.0 Å². The zero-order valence-corrected chi connectivity index (χ0v) is 14.3. The molecule has 5 heteroatoms. The van der Waals surface area contributed by atoms with E-state index < -0.39 is 11.3 Å². The molecule has 0 spiro atoms. The number of hydrogen-bond acceptors (Lipinski definition) is 4. The molecule has 0 saturated heterocycles. The first-order chi connectivity index (χ1) is 11.4. The lowest BCUT2D eigenvalue weighted by molar-refractivity contribution is 0.337. The largest absolute Gasteiger partial charge is 0.500 e. The van der Waals surface area contributed by atoms with Crippen molar-refractivity contribution < 1.29 is 9.84 Å². The third kappa shape index (κ3) is 4.41. The number of nitrogens with one attached hydrogen (secondary N) is 1. The van der Waals surface area contributed by atoms with Crippen LogP contribution in [0.25, 0.3) is 10.9 Å². The number of ether oxygens (including phenoxy) is 1. The van der Waals surface area contributed by atoms with Gasteiger partial charge in [0.05, 0.1) is 5.52 Å². The highest BCUT2D eigenvalue weighted by Crippen LogP contribution is 2.31. The third-order valence-corrected chi connectivity index (χ3v) is 3.72. The predicted octanol–water partition coefficient (Wildman–Crippen LogP) is 3.89. The molecular formula is C19H24N2O3. The van der Waals surface area contributed by atoms with E-state index in [-0.39, 0.29) is 12.4 Å². The summed E-state index contributed by atoms with van der Waals surface area (Å²) in [5.41, 5.74) is 8.71. The molecule has 0 aliphatic heterocycles. The van der Waals surface area contributed by atoms with Gasteiger partial charge in [-0.3, -0.25) is 4.79 Å². The molecule has 0 radical (unpaired) electrons. The number of nitrogens with two attached hydrogens (primary N) is 1. The normalized spacial score (nSPS) is 11.5. The molecule has 4 N–H and O–H groups in total. The van der Waals surface area contributed by atoms with Crippen LogP contribution in [0.15, 0.2) is 46.3 Å². The average molecular weight is 328 g/mol. The number of rotatable bonds is 6. The molecule has 0 saturated carbocycles. The van der Waals surface area contributed by atoms with Gasteiger partial charge < -0.3 is 20.6 Å². The topological polar surface area (TPSA) is 88.3 Å². The predicted molar refractivity (Wildman–Crippen MR) is 98.6 cm³/mol. The second kappa shape index (κ2) is 7.73. The summed E-state index contributed by atoms with van der Waals surface area (Å²) in [6, 6.07) is 5.07. The zero-order valence-electron chi connectivity index (χ0n) is 14.3. The fourth-order valence-corrected chi connectivity index (χ4v) is 2.38. The van der Waals surface area contributed by atoms with Crippen molar-refractivity contribution >= 4 is 16.6 Å². The Bertz CT molecular complexity index is 844. The van der Waals surface area contributed by atoms with E-state index in [1.165, 1.54) is 11.1 Å². The van der Waals surface area contributed by atoms with Crippen LogP contribution in [0.1, 0.15) is 33.6 Å². The molecule has 0 aliphatic rings. The molecular weight excluding hydrogens is 304 g/mol. The van der Waals surface area contributed by atoms with Crippen molar-refractivity contribution in [2.75, 3.05) is 12.3 Å². The number of anilines is 1. The van der Waals surface area contributed by atoms with E-state index in [9.17, 15) is 9.90 Å². The highest BCUT2D eigenvalue weighted by Gasteiger charge is 2.12. The van der Waals surface area contributed by atoms with Crippen LogP contribution in [-0.2, 0) is 0 Å². The molecule has 0 fully saturated rings. The first-order valence-electron chi connectivity index (χ1n) is 7.94. The average Bonchev–Trinajstić information content (AvgIpc) is 2.50. The maximum Gasteiger partial charge on any atom is 0.294 e. The molecule has 0 aliphatic carbocycles. The lowest BCUT2D eigenvalue weighted by Crippen LogP contribution is -2.08. The molecule has 1 aromatic heterocycles. The standard InChI is InChI=1S/C19H24N2O3/c1-12(2)5-4-6-13(3)9-10-24-18-15-8-7-14(20)11-16(15)21-19(23)17(18)22/h5,7-9,11,22H,4,6,10,20H2,1-3H3,(H,21,23). The van der Waals surface area contributed by atoms with Crippen molar-refractivity contribution in [1.82, 2.24) is 4.98 Å². The smallest absolute Gasteiger partial charge is 0.294 e. The summed E-state index contributed by atoms with van der Waals surface area (Å²) in [5, 5.41) is 10.6. The van der Waals surface area contributed by atoms with Gasteiger partial charge in [0.15, 0.2) is 5.75 Å². The Hall–Kier alpha value is -2.69. The minimum Gasteiger partial charge on any atom is -0.500 e. The molecule has 1 aromatic carbocycles. The van der Waals surface area contributed by atoms with Gasteiger partial charge >= 0.3 is 0 Å². The van der Waals surface area contributed by atoms with Gasteiger partial charge in [0.1, 0.15) is 6.61 Å². The maximum absolute atomic E-state index is 11.8. The van der Waals surface area contributed by atoms with Gasteiger partial charge in [0, 0.05) is 11.1 Å². The van der Waals surface area contributed by atoms with E-state index >= 15 is 0 Å². The molecule has 2 rings (SSSR count). The Morgan fingerprint density at radius 1 is 1.29 bits per heavy atom. The number of aromatic hydroxyl groups is 1. The molecule has 24 heavy (non-hydrogen) atoms. The lowest BCUT2D eigenvalue weighted by atomic mass is 10.1. The van der Waals surface area contributed by atoms with Crippen molar-refractivity contribution in [2.24, 2.45) is 0 Å². The molecule has 0 unspecified atom stereocenters. The summed E-state index contributed by atoms with van der Waals surface area (Å²) in [5.74, 6) is -0.232. The van der Waals surface area contributed by atoms with Crippen molar-refractivity contribution in [3.63, 3.8) is 0 Å². The Labute approximate surface area is 141 Å². The summed E-state index contributed by atoms with van der Waals surface area (Å²) in [6.45, 7) is 6.49. The molecule has 128 valence electrons. The van der Waals surface area contributed by atoms with Crippen LogP contribution in [0.3, 0.4) is 0 Å². The minimum absolute atomic E-state index is 0.182. The van der Waals surface area contributed by atoms with Crippen molar-refractivity contribution in [2.45, 2.75) is 33.6 Å². The van der Waals surface area contributed by atoms with E-state index in [0.29, 0.717) is 16.6 Å². The molecule has 5 nitrogen and oxygen atoms in total. The van der Waals surface area contributed by atoms with Gasteiger partial charge in [-0.25, -0.2) is 0 Å². The number of nitrogen functional groups attached to an aromatic ring is 1. The summed E-state index contributed by atoms with van der Waals surface area (Å²) >= 11 is 0. The maximum atomic E-state index is 11.8. The Morgan fingerprint density at radius 2 is 2.04 bits per heavy atom. The Kier molecular flexibility index (Phi) is 5.68. The molecule has 0 bridgehead atoms. The lowest BCUT2D eigenvalue weighted by Gasteiger charge is -2.10. The van der Waals surface area contributed by atoms with Gasteiger partial charge in [-0.15, -0.1) is 0 Å². The van der Waals surface area contributed by atoms with Crippen LogP contribution >= 0.6 is 0 Å². The van der Waals surface area contributed by atoms with Gasteiger partial charge in [-0.05, 0) is 57.9 Å². The first-order valence-corrected chi connectivity index (χ1v) is 7.94. The highest BCUT2D eigenvalue weighted by molar-refractivity contribution is 5.89. The van der Waals surface area contributed by atoms with Crippen LogP contribution in [0.4, 0.5) is 5.69 Å². The second-order valence-corrected chi connectivity index (χ2v) is 6.12. The van der Waals surface area contributed by atoms with Crippen LogP contribution in [0.2, 0.25) is 0 Å². The van der Waals surface area contributed by atoms with Gasteiger partial charge in [-0.2, -0.15) is 0 Å². The second-order valence-electron chi connectivity index (χ2n) is 6.12. The zero-order chi connectivity index (χ0) is 17.7. The fourth-order valence-electron chi connectivity index (χ4n) is 2.38. The summed E-state index contributed by atoms with van der Waals surface area (Å²) in [4.78, 5) is 14.4. The number of allylic oxidation sites excluding steroid dienone is 3. The van der Waals surface area contributed by atoms with E-state index in [1.54, 1.807) is 18.2 Å². The van der Waals surface area contributed by atoms with Crippen molar-refractivity contribution in [3.8, 4) is 11.5 Å². The fraction of sp³-hybridized carbons (Fsp3) is 0.316. The van der Waals surface area contributed by atoms with E-state index in [0.717, 1.165) is 12.8 Å². The van der Waals surface area contributed by atoms with Gasteiger partial charge in [-0.1, -0.05) is 17.2 Å². The minimum atomic E-state index is -0.590. The SMILES string of the molecule is CC(C)=CCCC(C)=CCOc1c(O)c(=O)[nH]c2cc(N)ccc12. The number of hydrogen-bond donors (Lipinski definition) is 3. The molecule has 1 heterocycles. The van der Waals surface area contributed by atoms with E-state index in [2.05, 4.69) is 24.9 Å². The van der Waals surface area contributed by atoms with Crippen LogP contribution in [0.5, 0.6) is 11.5 Å². The van der Waals surface area contributed by atoms with Gasteiger partial charge in [0.25, 0.3) is 5.56 Å². The van der Waals surface area contributed by atoms with Crippen molar-refractivity contribution in [1.29, 1.82) is 0 Å². The highest BCUT2D eigenvalue weighted by atomic mass is 16.5. The van der Waals surface area contributed by atoms with Crippen LogP contribution in [-0.4, -0.2) is 16.7 Å².